The van der Waals surface area contributed by atoms with Crippen LogP contribution < -0.4 is 5.56 Å². The molecule has 0 aliphatic rings. The monoisotopic (exact) mass is 571 g/mol. The summed E-state index contributed by atoms with van der Waals surface area (Å²) in [4.78, 5) is 19.1. The van der Waals surface area contributed by atoms with Crippen molar-refractivity contribution in [3.05, 3.63) is 99.9 Å². The van der Waals surface area contributed by atoms with Crippen LogP contribution in [-0.4, -0.2) is 48.4 Å². The molecule has 0 fully saturated rings. The molecule has 2 aromatic heterocycles. The van der Waals surface area contributed by atoms with Gasteiger partial charge in [0.15, 0.2) is 4.90 Å². The van der Waals surface area contributed by atoms with Gasteiger partial charge < -0.3 is 14.6 Å². The second-order valence-corrected chi connectivity index (χ2v) is 10.7. The Kier molecular flexibility index (Phi) is 8.72. The molecule has 4 aromatic rings. The maximum atomic E-state index is 15.2. The predicted molar refractivity (Wildman–Crippen MR) is 142 cm³/mol. The van der Waals surface area contributed by atoms with Crippen molar-refractivity contribution in [1.82, 2.24) is 14.5 Å². The molecular formula is C28H27F2N3O6S. The number of sulfone groups is 1. The van der Waals surface area contributed by atoms with Crippen molar-refractivity contribution < 1.29 is 31.8 Å². The largest absolute Gasteiger partial charge is 0.493 e. The highest BCUT2D eigenvalue weighted by Gasteiger charge is 2.33. The van der Waals surface area contributed by atoms with Gasteiger partial charge in [0.2, 0.25) is 21.7 Å². The van der Waals surface area contributed by atoms with Crippen LogP contribution in [0.4, 0.5) is 8.78 Å². The van der Waals surface area contributed by atoms with Crippen LogP contribution in [0, 0.1) is 18.7 Å². The molecule has 2 heterocycles. The highest BCUT2D eigenvalue weighted by molar-refractivity contribution is 7.91. The molecule has 0 saturated carbocycles. The molecule has 210 valence electrons. The Morgan fingerprint density at radius 1 is 1.02 bits per heavy atom. The Morgan fingerprint density at radius 3 is 2.35 bits per heavy atom. The Hall–Kier alpha value is -4.00. The van der Waals surface area contributed by atoms with Crippen molar-refractivity contribution in [2.45, 2.75) is 36.3 Å². The van der Waals surface area contributed by atoms with Gasteiger partial charge in [-0.05, 0) is 43.7 Å². The highest BCUT2D eigenvalue weighted by Crippen LogP contribution is 2.34. The molecule has 0 aliphatic carbocycles. The first kappa shape index (κ1) is 29.0. The van der Waals surface area contributed by atoms with Gasteiger partial charge in [-0.1, -0.05) is 36.4 Å². The highest BCUT2D eigenvalue weighted by atomic mass is 32.2. The Morgan fingerprint density at radius 2 is 1.73 bits per heavy atom. The molecule has 9 nitrogen and oxygen atoms in total. The fourth-order valence-corrected chi connectivity index (χ4v) is 5.73. The number of pyridine rings is 1. The van der Waals surface area contributed by atoms with Crippen molar-refractivity contribution in [2.75, 3.05) is 20.3 Å². The van der Waals surface area contributed by atoms with Crippen molar-refractivity contribution in [3.63, 3.8) is 0 Å². The molecule has 0 aliphatic heterocycles. The molecule has 0 radical (unpaired) electrons. The van der Waals surface area contributed by atoms with Gasteiger partial charge in [-0.2, -0.15) is 9.37 Å². The van der Waals surface area contributed by atoms with Gasteiger partial charge in [-0.15, -0.1) is 0 Å². The summed E-state index contributed by atoms with van der Waals surface area (Å²) >= 11 is 0. The number of ether oxygens (including phenoxy) is 2. The van der Waals surface area contributed by atoms with E-state index in [1.54, 1.807) is 37.3 Å². The van der Waals surface area contributed by atoms with Gasteiger partial charge in [0.05, 0.1) is 17.5 Å². The van der Waals surface area contributed by atoms with Gasteiger partial charge in [0.1, 0.15) is 18.2 Å². The van der Waals surface area contributed by atoms with E-state index in [2.05, 4.69) is 9.97 Å². The average molecular weight is 572 g/mol. The quantitative estimate of drug-likeness (QED) is 0.281. The second kappa shape index (κ2) is 12.0. The van der Waals surface area contributed by atoms with Crippen molar-refractivity contribution in [2.24, 2.45) is 0 Å². The zero-order valence-corrected chi connectivity index (χ0v) is 22.8. The fraction of sp³-hybridized carbons (Fsp3) is 0.250. The number of aryl methyl sites for hydroxylation is 1. The molecule has 12 heteroatoms. The van der Waals surface area contributed by atoms with Crippen molar-refractivity contribution in [3.8, 4) is 17.0 Å². The zero-order chi connectivity index (χ0) is 29.0. The summed E-state index contributed by atoms with van der Waals surface area (Å²) in [5.41, 5.74) is -0.130. The number of hydrogen-bond donors (Lipinski definition) is 1. The summed E-state index contributed by atoms with van der Waals surface area (Å²) in [6, 6.07) is 13.4. The van der Waals surface area contributed by atoms with Crippen LogP contribution in [0.15, 0.2) is 75.2 Å². The standard InChI is InChI=1S/C28H27F2N3O6S/c1-4-39-16-25-32-27(34)26(28(35)33(25)23(15-38-3)18-8-6-5-7-9-18)40(36,37)19-10-11-21(22(29)14-19)20-12-13-24(30)31-17(20)2/h5-14,23,35H,4,15-16H2,1-3H3. The molecule has 0 spiro atoms. The van der Waals surface area contributed by atoms with E-state index in [0.717, 1.165) is 18.2 Å². The van der Waals surface area contributed by atoms with E-state index < -0.39 is 48.9 Å². The number of aromatic hydroxyl groups is 1. The van der Waals surface area contributed by atoms with Gasteiger partial charge >= 0.3 is 0 Å². The van der Waals surface area contributed by atoms with E-state index in [9.17, 15) is 22.7 Å². The maximum absolute atomic E-state index is 15.2. The van der Waals surface area contributed by atoms with E-state index in [0.29, 0.717) is 5.56 Å². The first-order valence-electron chi connectivity index (χ1n) is 12.2. The molecule has 0 bridgehead atoms. The van der Waals surface area contributed by atoms with E-state index in [4.69, 9.17) is 9.47 Å². The number of nitrogens with zero attached hydrogens (tertiary/aromatic N) is 3. The van der Waals surface area contributed by atoms with Gasteiger partial charge in [0.25, 0.3) is 5.56 Å². The van der Waals surface area contributed by atoms with Crippen LogP contribution in [0.2, 0.25) is 0 Å². The Bertz CT molecular complexity index is 1690. The average Bonchev–Trinajstić information content (AvgIpc) is 2.91. The lowest BCUT2D eigenvalue weighted by Gasteiger charge is -2.25. The summed E-state index contributed by atoms with van der Waals surface area (Å²) in [7, 11) is -3.34. The third kappa shape index (κ3) is 5.64. The smallest absolute Gasteiger partial charge is 0.296 e. The summed E-state index contributed by atoms with van der Waals surface area (Å²) in [6.07, 6.45) is 0. The summed E-state index contributed by atoms with van der Waals surface area (Å²) in [6.45, 7) is 3.29. The molecule has 1 unspecified atom stereocenters. The Balaban J connectivity index is 1.90. The number of benzene rings is 2. The molecule has 1 N–H and O–H groups in total. The molecule has 0 saturated heterocycles. The normalized spacial score (nSPS) is 12.4. The minimum absolute atomic E-state index is 0.00484. The third-order valence-electron chi connectivity index (χ3n) is 6.25. The Labute approximate surface area is 229 Å². The van der Waals surface area contributed by atoms with E-state index >= 15 is 4.39 Å². The lowest BCUT2D eigenvalue weighted by atomic mass is 10.0. The minimum atomic E-state index is -4.77. The van der Waals surface area contributed by atoms with Crippen molar-refractivity contribution in [1.29, 1.82) is 0 Å². The van der Waals surface area contributed by atoms with Crippen LogP contribution in [0.5, 0.6) is 5.88 Å². The maximum Gasteiger partial charge on any atom is 0.296 e. The number of halogens is 2. The van der Waals surface area contributed by atoms with Crippen LogP contribution in [0.1, 0.15) is 30.0 Å². The fourth-order valence-electron chi connectivity index (χ4n) is 4.37. The van der Waals surface area contributed by atoms with Crippen molar-refractivity contribution >= 4 is 9.84 Å². The second-order valence-electron chi connectivity index (χ2n) is 8.79. The molecular weight excluding hydrogens is 544 g/mol. The summed E-state index contributed by atoms with van der Waals surface area (Å²) < 4.78 is 68.0. The van der Waals surface area contributed by atoms with E-state index in [1.807, 2.05) is 0 Å². The van der Waals surface area contributed by atoms with Gasteiger partial charge in [-0.25, -0.2) is 17.8 Å². The number of methoxy groups -OCH3 is 1. The topological polar surface area (TPSA) is 121 Å². The van der Waals surface area contributed by atoms with Crippen LogP contribution in [0.3, 0.4) is 0 Å². The SMILES string of the molecule is CCOCc1nc(=O)c(S(=O)(=O)c2ccc(-c3ccc(F)nc3C)c(F)c2)c(O)n1C(COC)c1ccccc1. The minimum Gasteiger partial charge on any atom is -0.493 e. The van der Waals surface area contributed by atoms with Crippen LogP contribution in [-0.2, 0) is 25.9 Å². The summed E-state index contributed by atoms with van der Waals surface area (Å²) in [5.74, 6) is -2.59. The first-order valence-corrected chi connectivity index (χ1v) is 13.7. The molecule has 40 heavy (non-hydrogen) atoms. The number of hydrogen-bond acceptors (Lipinski definition) is 8. The van der Waals surface area contributed by atoms with Crippen LogP contribution >= 0.6 is 0 Å². The summed E-state index contributed by atoms with van der Waals surface area (Å²) in [5, 5.41) is 11.4. The predicted octanol–water partition coefficient (Wildman–Crippen LogP) is 4.20. The molecule has 2 aromatic carbocycles. The van der Waals surface area contributed by atoms with Crippen LogP contribution in [0.25, 0.3) is 11.1 Å². The molecule has 1 atom stereocenters. The van der Waals surface area contributed by atoms with E-state index in [-0.39, 0.29) is 42.5 Å². The first-order chi connectivity index (χ1) is 19.1. The number of rotatable bonds is 10. The van der Waals surface area contributed by atoms with E-state index in [1.165, 1.54) is 30.7 Å². The third-order valence-corrected chi connectivity index (χ3v) is 8.02. The molecule has 4 rings (SSSR count). The lowest BCUT2D eigenvalue weighted by Crippen LogP contribution is -2.29. The molecule has 0 amide bonds. The number of aromatic nitrogens is 3. The van der Waals surface area contributed by atoms with Gasteiger partial charge in [0, 0.05) is 30.5 Å². The van der Waals surface area contributed by atoms with Gasteiger partial charge in [-0.3, -0.25) is 9.36 Å². The zero-order valence-electron chi connectivity index (χ0n) is 22.0. The lowest BCUT2D eigenvalue weighted by molar-refractivity contribution is 0.114.